The van der Waals surface area contributed by atoms with Crippen molar-refractivity contribution in [3.05, 3.63) is 38.7 Å². The van der Waals surface area contributed by atoms with Gasteiger partial charge in [0.2, 0.25) is 5.91 Å². The summed E-state index contributed by atoms with van der Waals surface area (Å²) in [4.78, 5) is 46.4. The molecule has 0 aromatic carbocycles. The molecule has 0 radical (unpaired) electrons. The number of nitrogens with one attached hydrogen (secondary N) is 1. The number of fused-ring (bicyclic) bond motifs is 1. The lowest BCUT2D eigenvalue weighted by atomic mass is 10.1. The third kappa shape index (κ3) is 4.22. The van der Waals surface area contributed by atoms with E-state index in [0.29, 0.717) is 27.7 Å². The number of aromatic nitrogens is 3. The molecule has 8 nitrogen and oxygen atoms in total. The largest absolute Gasteiger partial charge is 0.464 e. The zero-order valence-corrected chi connectivity index (χ0v) is 16.6. The number of anilines is 1. The van der Waals surface area contributed by atoms with Crippen molar-refractivity contribution in [2.45, 2.75) is 26.8 Å². The Labute approximate surface area is 162 Å². The molecular weight excluding hydrogens is 388 g/mol. The van der Waals surface area contributed by atoms with E-state index < -0.39 is 11.9 Å². The number of esters is 1. The summed E-state index contributed by atoms with van der Waals surface area (Å²) >= 11 is 2.60. The van der Waals surface area contributed by atoms with Gasteiger partial charge in [0.1, 0.15) is 11.4 Å². The number of methoxy groups -OCH3 is 1. The maximum atomic E-state index is 12.4. The molecule has 1 amide bonds. The van der Waals surface area contributed by atoms with Gasteiger partial charge < -0.3 is 10.1 Å². The molecule has 3 aromatic rings. The van der Waals surface area contributed by atoms with E-state index in [1.54, 1.807) is 11.4 Å². The van der Waals surface area contributed by atoms with Gasteiger partial charge in [0.15, 0.2) is 10.8 Å². The minimum Gasteiger partial charge on any atom is -0.464 e. The summed E-state index contributed by atoms with van der Waals surface area (Å²) in [6, 6.07) is 1.69. The quantitative estimate of drug-likeness (QED) is 0.631. The number of hydrogen-bond acceptors (Lipinski definition) is 8. The lowest BCUT2D eigenvalue weighted by molar-refractivity contribution is -0.116. The third-order valence-electron chi connectivity index (χ3n) is 3.68. The van der Waals surface area contributed by atoms with Crippen LogP contribution in [0.25, 0.3) is 10.2 Å². The number of thiazole rings is 1. The van der Waals surface area contributed by atoms with E-state index in [4.69, 9.17) is 4.74 Å². The lowest BCUT2D eigenvalue weighted by Gasteiger charge is -2.04. The smallest absolute Gasteiger partial charge is 0.357 e. The fraction of sp³-hybridized carbons (Fsp3) is 0.353. The maximum absolute atomic E-state index is 12.4. The molecule has 1 N–H and O–H groups in total. The molecular formula is C17H18N4O4S2. The lowest BCUT2D eigenvalue weighted by Crippen LogP contribution is -2.27. The summed E-state index contributed by atoms with van der Waals surface area (Å²) in [7, 11) is 1.29. The van der Waals surface area contributed by atoms with Gasteiger partial charge in [0.25, 0.3) is 5.56 Å². The number of carbonyl (C=O) groups excluding carboxylic acids is 2. The SMILES string of the molecule is COC(=O)c1nc(NC(=O)Cn2cnc3sccc3c2=O)sc1CC(C)C. The second-order valence-corrected chi connectivity index (χ2v) is 8.22. The number of ether oxygens (including phenoxy) is 1. The van der Waals surface area contributed by atoms with E-state index in [0.717, 1.165) is 4.88 Å². The number of amides is 1. The Bertz CT molecular complexity index is 1050. The fourth-order valence-electron chi connectivity index (χ4n) is 2.49. The van der Waals surface area contributed by atoms with Crippen molar-refractivity contribution < 1.29 is 14.3 Å². The van der Waals surface area contributed by atoms with Crippen LogP contribution >= 0.6 is 22.7 Å². The zero-order valence-electron chi connectivity index (χ0n) is 15.0. The van der Waals surface area contributed by atoms with Gasteiger partial charge in [-0.3, -0.25) is 14.2 Å². The summed E-state index contributed by atoms with van der Waals surface area (Å²) in [5.41, 5.74) is -0.0590. The molecule has 3 rings (SSSR count). The molecule has 0 fully saturated rings. The van der Waals surface area contributed by atoms with Crippen molar-refractivity contribution in [2.75, 3.05) is 12.4 Å². The second kappa shape index (κ2) is 7.97. The fourth-order valence-corrected chi connectivity index (χ4v) is 4.39. The maximum Gasteiger partial charge on any atom is 0.357 e. The van der Waals surface area contributed by atoms with Crippen LogP contribution in [0.15, 0.2) is 22.6 Å². The Hall–Kier alpha value is -2.59. The van der Waals surface area contributed by atoms with Crippen molar-refractivity contribution in [2.24, 2.45) is 5.92 Å². The van der Waals surface area contributed by atoms with Crippen molar-refractivity contribution in [1.82, 2.24) is 14.5 Å². The molecule has 0 saturated carbocycles. The van der Waals surface area contributed by atoms with E-state index in [2.05, 4.69) is 15.3 Å². The van der Waals surface area contributed by atoms with Gasteiger partial charge in [-0.2, -0.15) is 0 Å². The number of nitrogens with zero attached hydrogens (tertiary/aromatic N) is 3. The average Bonchev–Trinajstić information content (AvgIpc) is 3.23. The molecule has 0 aliphatic carbocycles. The van der Waals surface area contributed by atoms with E-state index in [-0.39, 0.29) is 17.8 Å². The molecule has 0 atom stereocenters. The molecule has 0 aliphatic heterocycles. The molecule has 0 aliphatic rings. The molecule has 3 aromatic heterocycles. The number of rotatable bonds is 6. The van der Waals surface area contributed by atoms with Crippen LogP contribution in [-0.2, 0) is 22.5 Å². The van der Waals surface area contributed by atoms with Gasteiger partial charge in [0.05, 0.1) is 18.8 Å². The van der Waals surface area contributed by atoms with Crippen molar-refractivity contribution in [3.63, 3.8) is 0 Å². The molecule has 0 saturated heterocycles. The summed E-state index contributed by atoms with van der Waals surface area (Å²) in [5, 5.41) is 5.21. The van der Waals surface area contributed by atoms with Gasteiger partial charge in [-0.25, -0.2) is 14.8 Å². The Morgan fingerprint density at radius 2 is 2.15 bits per heavy atom. The van der Waals surface area contributed by atoms with Crippen LogP contribution in [-0.4, -0.2) is 33.5 Å². The Kier molecular flexibility index (Phi) is 5.66. The standard InChI is InChI=1S/C17H18N4O4S2/c1-9(2)6-11-13(16(24)25-3)20-17(27-11)19-12(22)7-21-8-18-14-10(15(21)23)4-5-26-14/h4-5,8-9H,6-7H2,1-3H3,(H,19,20,22). The average molecular weight is 406 g/mol. The van der Waals surface area contributed by atoms with Crippen LogP contribution in [0.2, 0.25) is 0 Å². The van der Waals surface area contributed by atoms with Crippen LogP contribution in [0.3, 0.4) is 0 Å². The van der Waals surface area contributed by atoms with Gasteiger partial charge in [-0.1, -0.05) is 13.8 Å². The minimum atomic E-state index is -0.536. The predicted molar refractivity (Wildman–Crippen MR) is 105 cm³/mol. The second-order valence-electron chi connectivity index (χ2n) is 6.25. The van der Waals surface area contributed by atoms with E-state index >= 15 is 0 Å². The van der Waals surface area contributed by atoms with E-state index in [1.807, 2.05) is 13.8 Å². The Morgan fingerprint density at radius 3 is 2.85 bits per heavy atom. The summed E-state index contributed by atoms with van der Waals surface area (Å²) in [6.45, 7) is 3.86. The molecule has 10 heteroatoms. The van der Waals surface area contributed by atoms with Crippen molar-refractivity contribution >= 4 is 49.9 Å². The van der Waals surface area contributed by atoms with Gasteiger partial charge >= 0.3 is 5.97 Å². The summed E-state index contributed by atoms with van der Waals surface area (Å²) < 4.78 is 6.01. The first kappa shape index (κ1) is 19.2. The molecule has 0 unspecified atom stereocenters. The number of hydrogen-bond donors (Lipinski definition) is 1. The Morgan fingerprint density at radius 1 is 1.37 bits per heavy atom. The first-order valence-corrected chi connectivity index (χ1v) is 9.89. The van der Waals surface area contributed by atoms with Crippen molar-refractivity contribution in [1.29, 1.82) is 0 Å². The van der Waals surface area contributed by atoms with Crippen LogP contribution in [0.4, 0.5) is 5.13 Å². The van der Waals surface area contributed by atoms with Crippen LogP contribution < -0.4 is 10.9 Å². The summed E-state index contributed by atoms with van der Waals surface area (Å²) in [6.07, 6.45) is 2.00. The van der Waals surface area contributed by atoms with Gasteiger partial charge in [-0.15, -0.1) is 22.7 Å². The highest BCUT2D eigenvalue weighted by atomic mass is 32.1. The van der Waals surface area contributed by atoms with Gasteiger partial charge in [0, 0.05) is 4.88 Å². The van der Waals surface area contributed by atoms with E-state index in [1.165, 1.54) is 40.7 Å². The summed E-state index contributed by atoms with van der Waals surface area (Å²) in [5.74, 6) is -0.639. The van der Waals surface area contributed by atoms with Crippen LogP contribution in [0.5, 0.6) is 0 Å². The highest BCUT2D eigenvalue weighted by Gasteiger charge is 2.20. The minimum absolute atomic E-state index is 0.190. The van der Waals surface area contributed by atoms with Crippen LogP contribution in [0.1, 0.15) is 29.2 Å². The third-order valence-corrected chi connectivity index (χ3v) is 5.49. The van der Waals surface area contributed by atoms with Crippen molar-refractivity contribution in [3.8, 4) is 0 Å². The van der Waals surface area contributed by atoms with Crippen LogP contribution in [0, 0.1) is 5.92 Å². The highest BCUT2D eigenvalue weighted by molar-refractivity contribution is 7.16. The molecule has 0 spiro atoms. The highest BCUT2D eigenvalue weighted by Crippen LogP contribution is 2.26. The monoisotopic (exact) mass is 406 g/mol. The topological polar surface area (TPSA) is 103 Å². The first-order valence-electron chi connectivity index (χ1n) is 8.19. The first-order chi connectivity index (χ1) is 12.9. The predicted octanol–water partition coefficient (Wildman–Crippen LogP) is 2.54. The van der Waals surface area contributed by atoms with E-state index in [9.17, 15) is 14.4 Å². The molecule has 142 valence electrons. The normalized spacial score (nSPS) is 11.1. The zero-order chi connectivity index (χ0) is 19.6. The molecule has 0 bridgehead atoms. The van der Waals surface area contributed by atoms with Gasteiger partial charge in [-0.05, 0) is 23.8 Å². The molecule has 27 heavy (non-hydrogen) atoms. The molecule has 3 heterocycles. The number of thiophene rings is 1. The Balaban J connectivity index is 1.78. The number of carbonyl (C=O) groups is 2.